The van der Waals surface area contributed by atoms with Gasteiger partial charge in [0.25, 0.3) is 26.3 Å². The second kappa shape index (κ2) is 36.1. The van der Waals surface area contributed by atoms with E-state index < -0.39 is 161 Å². The number of pyridine rings is 4. The number of hydrogen-bond donors (Lipinski definition) is 12. The molecule has 6 aliphatic heterocycles. The summed E-state index contributed by atoms with van der Waals surface area (Å²) in [6.45, 7) is 9.64. The van der Waals surface area contributed by atoms with Crippen LogP contribution in [0.25, 0.3) is 0 Å². The SMILES string of the molecule is C=C1Oc2ccc(C3OP(=O)(O)C(O)(Cc4cccnc4)P(=O)(O)O3)cc2O1.CCCC(=O)Oc1ccc(C)cc1C1OP(=O)(O)C(O)(Cc2cccnc2)P(=O)(O)O1.Cc1cc(F)c(C2OP(=O)(O)C(O)(Cc3cccnc3)P(=O)(O)O2)c(F)c1.O=C(Oc1ccc(C2OP(=O)(O)C(O)(Cc3cccnc3)P(=O)(O)O2)cc1)N1CCCCC1. The van der Waals surface area contributed by atoms with Crippen LogP contribution in [0.2, 0.25) is 0 Å². The van der Waals surface area contributed by atoms with Crippen molar-refractivity contribution in [3.63, 3.8) is 0 Å². The molecule has 4 aromatic heterocycles. The number of aryl methyl sites for hydroxylation is 2. The molecule has 4 aromatic carbocycles. The number of esters is 1. The Hall–Kier alpha value is -7.54. The van der Waals surface area contributed by atoms with Crippen molar-refractivity contribution in [2.75, 3.05) is 13.1 Å². The fourth-order valence-corrected chi connectivity index (χ4v) is 26.4. The number of piperidine rings is 1. The molecule has 8 unspecified atom stereocenters. The maximum atomic E-state index is 14.1. The number of aromatic nitrogens is 4. The Morgan fingerprint density at radius 2 is 0.832 bits per heavy atom. The molecule has 10 heterocycles. The number of hydrogen-bond acceptors (Lipinski definition) is 30. The van der Waals surface area contributed by atoms with Crippen LogP contribution in [0, 0.1) is 25.5 Å². The molecule has 8 aromatic rings. The molecule has 5 fully saturated rings. The normalized spacial score (nSPS) is 32.7. The van der Waals surface area contributed by atoms with Crippen LogP contribution in [0.1, 0.15) is 120 Å². The molecule has 640 valence electrons. The van der Waals surface area contributed by atoms with Crippen LogP contribution in [-0.4, -0.2) is 130 Å². The number of carbonyl (C=O) groups is 2. The topological polar surface area (TPSA) is 579 Å². The number of likely N-dealkylation sites (tertiary alicyclic amines) is 1. The summed E-state index contributed by atoms with van der Waals surface area (Å²) in [5.41, 5.74) is 0.972. The molecule has 12 N–H and O–H groups in total. The zero-order valence-electron chi connectivity index (χ0n) is 62.4. The average molecular weight is 1820 g/mol. The molecular weight excluding hydrogens is 1740 g/mol. The fraction of sp³-hybridized carbons (Fsp3) is 0.314. The molecule has 1 amide bonds. The van der Waals surface area contributed by atoms with Gasteiger partial charge in [0.1, 0.15) is 23.1 Å². The molecule has 0 bridgehead atoms. The molecule has 0 aliphatic carbocycles. The van der Waals surface area contributed by atoms with E-state index in [2.05, 4.69) is 26.5 Å². The first-order valence-corrected chi connectivity index (χ1v) is 47.9. The molecule has 0 saturated carbocycles. The van der Waals surface area contributed by atoms with Gasteiger partial charge in [-0.3, -0.25) is 97.4 Å². The van der Waals surface area contributed by atoms with E-state index >= 15 is 0 Å². The third-order valence-electron chi connectivity index (χ3n) is 18.4. The van der Waals surface area contributed by atoms with Crippen molar-refractivity contribution in [3.05, 3.63) is 251 Å². The average Bonchev–Trinajstić information content (AvgIpc) is 1.41. The third-order valence-corrected chi connectivity index (χ3v) is 36.8. The Balaban J connectivity index is 0.000000156. The first kappa shape index (κ1) is 92.2. The summed E-state index contributed by atoms with van der Waals surface area (Å²) in [4.78, 5) is 124. The lowest BCUT2D eigenvalue weighted by Crippen LogP contribution is -2.38. The van der Waals surface area contributed by atoms with Crippen LogP contribution in [0.4, 0.5) is 13.6 Å². The molecule has 0 spiro atoms. The van der Waals surface area contributed by atoms with Gasteiger partial charge < -0.3 is 83.4 Å². The maximum Gasteiger partial charge on any atom is 0.415 e. The van der Waals surface area contributed by atoms with Crippen molar-refractivity contribution in [1.82, 2.24) is 24.8 Å². The van der Waals surface area contributed by atoms with E-state index in [1.807, 2.05) is 0 Å². The van der Waals surface area contributed by atoms with Gasteiger partial charge in [-0.2, -0.15) is 0 Å². The molecule has 39 nitrogen and oxygen atoms in total. The number of ether oxygens (including phenoxy) is 4. The monoisotopic (exact) mass is 1820 g/mol. The number of amides is 1. The number of benzene rings is 4. The predicted octanol–water partition coefficient (Wildman–Crippen LogP) is 12.4. The molecule has 6 aliphatic rings. The summed E-state index contributed by atoms with van der Waals surface area (Å²) < 4.78 is 191. The standard InChI is InChI=1S/C20H24N2O9P2.C19H23NO9P2.C16H15NO9P2.C15H15F2NO7P2/c23-19(22-11-2-1-3-12-22)29-17-8-6-16(7-9-17)18-30-32(25,26)20(24,33(27,28)31-18)13-15-5-4-10-21-14-15;1-3-5-17(21)27-16-8-7-13(2)10-15(16)18-28-30(23,24)19(22,31(25,26)29-18)11-14-6-4-9-20-12-14;1-10-23-13-5-4-12(7-14(13)24-10)15-25-27(19,20)16(18,28(21,22)26-15)8-11-3-2-6-17-9-11;1-9-5-11(16)13(12(17)6-9)14-24-26(20,21)15(19,27(22,23)25-14)7-10-3-2-4-18-8-10/h4-10,14,18,24H,1-3,11-13H2,(H,25,26)(H,27,28);4,6-10,12,18,22H,3,5,11H2,1-2H3,(H,23,24)(H,25,26);2-7,9,15,18H,1,8H2,(H,19,20)(H,21,22);2-6,8,14,19H,7H2,1H3,(H,20,21)(H,22,23). The van der Waals surface area contributed by atoms with Gasteiger partial charge in [-0.25, -0.2) is 13.6 Å². The van der Waals surface area contributed by atoms with Crippen molar-refractivity contribution in [1.29, 1.82) is 0 Å². The maximum absolute atomic E-state index is 14.1. The summed E-state index contributed by atoms with van der Waals surface area (Å²) in [5.74, 6) is -2.18. The number of halogens is 2. The van der Waals surface area contributed by atoms with Crippen LogP contribution < -0.4 is 18.9 Å². The van der Waals surface area contributed by atoms with Crippen molar-refractivity contribution >= 4 is 72.8 Å². The lowest BCUT2D eigenvalue weighted by Gasteiger charge is -2.41. The summed E-state index contributed by atoms with van der Waals surface area (Å²) in [6, 6.07) is 27.8. The largest absolute Gasteiger partial charge is 0.426 e. The molecule has 49 heteroatoms. The Morgan fingerprint density at radius 1 is 0.462 bits per heavy atom. The minimum atomic E-state index is -5.31. The third kappa shape index (κ3) is 19.9. The van der Waals surface area contributed by atoms with Gasteiger partial charge in [0.2, 0.25) is 25.2 Å². The highest BCUT2D eigenvalue weighted by atomic mass is 31.3. The van der Waals surface area contributed by atoms with Crippen LogP contribution in [0.3, 0.4) is 0 Å². The Labute approximate surface area is 675 Å². The Bertz CT molecular complexity index is 5380. The van der Waals surface area contributed by atoms with Gasteiger partial charge in [0, 0.05) is 106 Å². The fourth-order valence-electron chi connectivity index (χ4n) is 12.1. The number of aliphatic hydroxyl groups is 4. The predicted molar refractivity (Wildman–Crippen MR) is 407 cm³/mol. The number of nitrogens with zero attached hydrogens (tertiary/aromatic N) is 5. The van der Waals surface area contributed by atoms with Crippen molar-refractivity contribution in [2.24, 2.45) is 0 Å². The number of rotatable bonds is 16. The van der Waals surface area contributed by atoms with Crippen LogP contribution in [0.15, 0.2) is 183 Å². The van der Waals surface area contributed by atoms with Gasteiger partial charge in [0.05, 0.1) is 11.1 Å². The lowest BCUT2D eigenvalue weighted by molar-refractivity contribution is -0.134. The number of carbonyl (C=O) groups excluding carboxylic acids is 2. The molecular formula is C70H77F2N5O34P8. The van der Waals surface area contributed by atoms with Crippen molar-refractivity contribution in [3.8, 4) is 23.0 Å². The minimum absolute atomic E-state index is 0.0311. The highest BCUT2D eigenvalue weighted by Gasteiger charge is 2.71. The highest BCUT2D eigenvalue weighted by Crippen LogP contribution is 2.83. The molecule has 0 radical (unpaired) electrons. The van der Waals surface area contributed by atoms with Gasteiger partial charge in [0.15, 0.2) is 11.5 Å². The van der Waals surface area contributed by atoms with Gasteiger partial charge >= 0.3 is 72.8 Å². The van der Waals surface area contributed by atoms with E-state index in [1.54, 1.807) is 24.8 Å². The Kier molecular flexibility index (Phi) is 28.0. The minimum Gasteiger partial charge on any atom is -0.426 e. The summed E-state index contributed by atoms with van der Waals surface area (Å²) in [5, 5.41) is 30.3. The van der Waals surface area contributed by atoms with Gasteiger partial charge in [-0.15, -0.1) is 0 Å². The molecule has 5 saturated heterocycles. The molecule has 14 rings (SSSR count). The van der Waals surface area contributed by atoms with Crippen LogP contribution in [-0.2, 0) is 103 Å². The van der Waals surface area contributed by atoms with Crippen LogP contribution >= 0.6 is 60.8 Å². The zero-order valence-corrected chi connectivity index (χ0v) is 69.5. The number of fused-ring (bicyclic) bond motifs is 1. The van der Waals surface area contributed by atoms with E-state index in [9.17, 15) is 114 Å². The molecule has 8 atom stereocenters. The first-order valence-electron chi connectivity index (χ1n) is 35.3. The zero-order chi connectivity index (χ0) is 86.7. The second-order valence-electron chi connectivity index (χ2n) is 27.3. The van der Waals surface area contributed by atoms with Crippen molar-refractivity contribution in [2.45, 2.75) is 124 Å². The van der Waals surface area contributed by atoms with Crippen LogP contribution in [0.5, 0.6) is 23.0 Å². The second-order valence-corrected chi connectivity index (χ2v) is 44.6. The summed E-state index contributed by atoms with van der Waals surface area (Å²) >= 11 is 0. The van der Waals surface area contributed by atoms with E-state index in [1.165, 1.54) is 160 Å². The van der Waals surface area contributed by atoms with E-state index in [-0.39, 0.29) is 74.1 Å². The van der Waals surface area contributed by atoms with Gasteiger partial charge in [-0.05, 0) is 153 Å². The van der Waals surface area contributed by atoms with Gasteiger partial charge in [-0.1, -0.05) is 55.0 Å². The van der Waals surface area contributed by atoms with E-state index in [0.29, 0.717) is 30.8 Å². The quantitative estimate of drug-likeness (QED) is 0.0243. The molecule has 119 heavy (non-hydrogen) atoms. The van der Waals surface area contributed by atoms with Crippen molar-refractivity contribution < 1.29 is 170 Å². The Morgan fingerprint density at radius 3 is 1.22 bits per heavy atom. The lowest BCUT2D eigenvalue weighted by atomic mass is 10.1. The van der Waals surface area contributed by atoms with E-state index in [4.69, 9.17) is 55.1 Å². The smallest absolute Gasteiger partial charge is 0.415 e. The van der Waals surface area contributed by atoms with E-state index in [0.717, 1.165) is 31.4 Å². The first-order chi connectivity index (χ1) is 55.7. The highest BCUT2D eigenvalue weighted by molar-refractivity contribution is 7.75. The summed E-state index contributed by atoms with van der Waals surface area (Å²) in [7, 11) is -41.2. The summed E-state index contributed by atoms with van der Waals surface area (Å²) in [6.07, 6.45) is 3.46.